The number of aryl methyl sites for hydroxylation is 1. The van der Waals surface area contributed by atoms with Crippen LogP contribution in [0.3, 0.4) is 0 Å². The van der Waals surface area contributed by atoms with Gasteiger partial charge in [0.15, 0.2) is 0 Å². The largest absolute Gasteiger partial charge is 0.465 e. The van der Waals surface area contributed by atoms with Gasteiger partial charge >= 0.3 is 5.97 Å². The molecule has 38 heavy (non-hydrogen) atoms. The lowest BCUT2D eigenvalue weighted by atomic mass is 10.1. The van der Waals surface area contributed by atoms with Crippen LogP contribution in [0.1, 0.15) is 43.1 Å². The van der Waals surface area contributed by atoms with Crippen LogP contribution in [0, 0.1) is 12.7 Å². The quantitative estimate of drug-likeness (QED) is 0.354. The van der Waals surface area contributed by atoms with Crippen molar-refractivity contribution in [1.82, 2.24) is 19.7 Å². The van der Waals surface area contributed by atoms with Crippen LogP contribution in [0.5, 0.6) is 0 Å². The number of rotatable bonds is 4. The zero-order chi connectivity index (χ0) is 27.0. The number of benzene rings is 2. The molecule has 0 spiro atoms. The summed E-state index contributed by atoms with van der Waals surface area (Å²) in [6.07, 6.45) is 2.06. The van der Waals surface area contributed by atoms with E-state index in [-0.39, 0.29) is 56.6 Å². The molecule has 3 heterocycles. The van der Waals surface area contributed by atoms with E-state index < -0.39 is 17.7 Å². The Morgan fingerprint density at radius 1 is 1.11 bits per heavy atom. The van der Waals surface area contributed by atoms with E-state index in [9.17, 15) is 14.4 Å². The van der Waals surface area contributed by atoms with Gasteiger partial charge in [0.2, 0.25) is 0 Å². The molecule has 0 radical (unpaired) electrons. The molecule has 1 fully saturated rings. The summed E-state index contributed by atoms with van der Waals surface area (Å²) in [6, 6.07) is 10.3. The molecule has 0 saturated carbocycles. The summed E-state index contributed by atoms with van der Waals surface area (Å²) < 4.78 is 26.3. The number of pyridine rings is 1. The van der Waals surface area contributed by atoms with Crippen LogP contribution in [-0.4, -0.2) is 64.4 Å². The van der Waals surface area contributed by atoms with E-state index in [4.69, 9.17) is 16.3 Å². The summed E-state index contributed by atoms with van der Waals surface area (Å²) in [6.45, 7) is 2.98. The standard InChI is InChI=1S/C27H22ClFN4O5/c1-15-5-3-6-19(28)22(15)26(35)33-21-12-17(25(34)32-9-4-10-38-14-32)13-30-24(21)23(31-33)18-8-7-16(11-20(18)29)27(36)37-2/h3,5-8,11-13H,4,9-10,14H2,1-2H3. The number of amides is 1. The molecule has 0 aliphatic carbocycles. The molecule has 5 rings (SSSR count). The van der Waals surface area contributed by atoms with Gasteiger partial charge in [-0.2, -0.15) is 9.78 Å². The minimum atomic E-state index is -0.756. The highest BCUT2D eigenvalue weighted by molar-refractivity contribution is 6.34. The van der Waals surface area contributed by atoms with Crippen LogP contribution < -0.4 is 0 Å². The first kappa shape index (κ1) is 25.5. The van der Waals surface area contributed by atoms with Crippen molar-refractivity contribution in [3.05, 3.63) is 81.8 Å². The highest BCUT2D eigenvalue weighted by Gasteiger charge is 2.26. The smallest absolute Gasteiger partial charge is 0.337 e. The van der Waals surface area contributed by atoms with E-state index in [1.807, 2.05) is 0 Å². The minimum Gasteiger partial charge on any atom is -0.465 e. The fourth-order valence-corrected chi connectivity index (χ4v) is 4.65. The number of fused-ring (bicyclic) bond motifs is 1. The van der Waals surface area contributed by atoms with Gasteiger partial charge in [0.25, 0.3) is 11.8 Å². The normalized spacial score (nSPS) is 13.5. The van der Waals surface area contributed by atoms with Gasteiger partial charge in [-0.05, 0) is 49.2 Å². The molecule has 4 aromatic rings. The molecule has 1 saturated heterocycles. The number of hydrogen-bond donors (Lipinski definition) is 0. The zero-order valence-electron chi connectivity index (χ0n) is 20.5. The average Bonchev–Trinajstić information content (AvgIpc) is 3.31. The molecule has 11 heteroatoms. The van der Waals surface area contributed by atoms with Crippen LogP contribution in [0.15, 0.2) is 48.7 Å². The van der Waals surface area contributed by atoms with E-state index in [0.717, 1.165) is 10.7 Å². The molecule has 9 nitrogen and oxygen atoms in total. The van der Waals surface area contributed by atoms with Gasteiger partial charge in [-0.1, -0.05) is 23.7 Å². The SMILES string of the molecule is COC(=O)c1ccc(-c2nn(C(=O)c3c(C)cccc3Cl)c3cc(C(=O)N4CCCOC4)cnc23)c(F)c1. The summed E-state index contributed by atoms with van der Waals surface area (Å²) in [5.41, 5.74) is 1.54. The Labute approximate surface area is 221 Å². The van der Waals surface area contributed by atoms with E-state index in [1.165, 1.54) is 31.5 Å². The Morgan fingerprint density at radius 2 is 1.92 bits per heavy atom. The maximum Gasteiger partial charge on any atom is 0.337 e. The molecule has 0 unspecified atom stereocenters. The number of hydrogen-bond acceptors (Lipinski definition) is 7. The van der Waals surface area contributed by atoms with Gasteiger partial charge in [-0.25, -0.2) is 9.18 Å². The fraction of sp³-hybridized carbons (Fsp3) is 0.222. The lowest BCUT2D eigenvalue weighted by Crippen LogP contribution is -2.38. The van der Waals surface area contributed by atoms with Crippen molar-refractivity contribution in [1.29, 1.82) is 0 Å². The van der Waals surface area contributed by atoms with Gasteiger partial charge in [0.05, 0.1) is 40.9 Å². The highest BCUT2D eigenvalue weighted by atomic mass is 35.5. The predicted molar refractivity (Wildman–Crippen MR) is 137 cm³/mol. The maximum absolute atomic E-state index is 15.2. The number of carbonyl (C=O) groups excluding carboxylic acids is 3. The van der Waals surface area contributed by atoms with Crippen LogP contribution in [0.2, 0.25) is 5.02 Å². The van der Waals surface area contributed by atoms with Crippen LogP contribution >= 0.6 is 11.6 Å². The van der Waals surface area contributed by atoms with Gasteiger partial charge in [0, 0.05) is 18.3 Å². The molecule has 0 bridgehead atoms. The lowest BCUT2D eigenvalue weighted by molar-refractivity contribution is -0.00573. The molecule has 1 aliphatic rings. The highest BCUT2D eigenvalue weighted by Crippen LogP contribution is 2.31. The molecular formula is C27H22ClFN4O5. The molecule has 0 atom stereocenters. The van der Waals surface area contributed by atoms with Crippen LogP contribution in [0.4, 0.5) is 4.39 Å². The molecule has 1 amide bonds. The summed E-state index contributed by atoms with van der Waals surface area (Å²) in [5.74, 6) is -2.33. The first-order valence-electron chi connectivity index (χ1n) is 11.7. The van der Waals surface area contributed by atoms with Crippen molar-refractivity contribution < 1.29 is 28.2 Å². The first-order chi connectivity index (χ1) is 18.3. The van der Waals surface area contributed by atoms with Crippen LogP contribution in [0.25, 0.3) is 22.3 Å². The van der Waals surface area contributed by atoms with Crippen molar-refractivity contribution >= 4 is 40.4 Å². The number of carbonyl (C=O) groups is 3. The molecular weight excluding hydrogens is 515 g/mol. The van der Waals surface area contributed by atoms with E-state index in [1.54, 1.807) is 30.0 Å². The molecule has 2 aromatic carbocycles. The molecule has 2 aromatic heterocycles. The Hall–Kier alpha value is -4.15. The van der Waals surface area contributed by atoms with Gasteiger partial charge in [0.1, 0.15) is 23.8 Å². The van der Waals surface area contributed by atoms with Crippen molar-refractivity contribution in [2.24, 2.45) is 0 Å². The van der Waals surface area contributed by atoms with E-state index in [2.05, 4.69) is 14.8 Å². The minimum absolute atomic E-state index is 0.0149. The lowest BCUT2D eigenvalue weighted by Gasteiger charge is -2.26. The number of halogens is 2. The maximum atomic E-state index is 15.2. The number of esters is 1. The van der Waals surface area contributed by atoms with Crippen LogP contribution in [-0.2, 0) is 9.47 Å². The summed E-state index contributed by atoms with van der Waals surface area (Å²) >= 11 is 6.36. The summed E-state index contributed by atoms with van der Waals surface area (Å²) in [7, 11) is 1.20. The van der Waals surface area contributed by atoms with Crippen molar-refractivity contribution in [2.45, 2.75) is 13.3 Å². The first-order valence-corrected chi connectivity index (χ1v) is 12.1. The summed E-state index contributed by atoms with van der Waals surface area (Å²) in [5, 5.41) is 4.65. The third-order valence-corrected chi connectivity index (χ3v) is 6.61. The zero-order valence-corrected chi connectivity index (χ0v) is 21.3. The van der Waals surface area contributed by atoms with Crippen molar-refractivity contribution in [3.8, 4) is 11.3 Å². The monoisotopic (exact) mass is 536 g/mol. The van der Waals surface area contributed by atoms with E-state index >= 15 is 4.39 Å². The Kier molecular flexibility index (Phi) is 6.92. The Morgan fingerprint density at radius 3 is 2.61 bits per heavy atom. The van der Waals surface area contributed by atoms with Crippen molar-refractivity contribution in [3.63, 3.8) is 0 Å². The number of aromatic nitrogens is 3. The van der Waals surface area contributed by atoms with Gasteiger partial charge in [-0.15, -0.1) is 0 Å². The third-order valence-electron chi connectivity index (χ3n) is 6.29. The van der Waals surface area contributed by atoms with Gasteiger partial charge < -0.3 is 14.4 Å². The fourth-order valence-electron chi connectivity index (χ4n) is 4.35. The van der Waals surface area contributed by atoms with Crippen molar-refractivity contribution in [2.75, 3.05) is 27.0 Å². The second-order valence-corrected chi connectivity index (χ2v) is 9.14. The molecule has 194 valence electrons. The Balaban J connectivity index is 1.69. The molecule has 0 N–H and O–H groups in total. The second kappa shape index (κ2) is 10.3. The van der Waals surface area contributed by atoms with E-state index in [0.29, 0.717) is 25.1 Å². The molecule has 1 aliphatic heterocycles. The number of nitrogens with zero attached hydrogens (tertiary/aromatic N) is 4. The Bertz CT molecular complexity index is 1580. The average molecular weight is 537 g/mol. The topological polar surface area (TPSA) is 104 Å². The van der Waals surface area contributed by atoms with Gasteiger partial charge in [-0.3, -0.25) is 14.6 Å². The second-order valence-electron chi connectivity index (χ2n) is 8.73. The predicted octanol–water partition coefficient (Wildman–Crippen LogP) is 4.49. The number of methoxy groups -OCH3 is 1. The summed E-state index contributed by atoms with van der Waals surface area (Å²) in [4.78, 5) is 44.6. The number of ether oxygens (including phenoxy) is 2. The third kappa shape index (κ3) is 4.52.